The lowest BCUT2D eigenvalue weighted by Crippen LogP contribution is -2.60. The summed E-state index contributed by atoms with van der Waals surface area (Å²) in [5, 5.41) is 19.5. The summed E-state index contributed by atoms with van der Waals surface area (Å²) in [4.78, 5) is 17.4. The first-order valence-corrected chi connectivity index (χ1v) is 10.8. The number of carbonyl (C=O) groups is 1. The van der Waals surface area contributed by atoms with Gasteiger partial charge in [0, 0.05) is 18.5 Å². The molecule has 0 aromatic heterocycles. The smallest absolute Gasteiger partial charge is 0.239 e. The first-order chi connectivity index (χ1) is 14.0. The molecule has 1 amide bonds. The van der Waals surface area contributed by atoms with Gasteiger partial charge in [-0.25, -0.2) is 15.2 Å². The molecule has 3 fully saturated rings. The van der Waals surface area contributed by atoms with Crippen molar-refractivity contribution in [2.75, 3.05) is 19.8 Å². The highest BCUT2D eigenvalue weighted by Gasteiger charge is 2.47. The van der Waals surface area contributed by atoms with Gasteiger partial charge in [-0.05, 0) is 31.6 Å². The number of hydrazine groups is 1. The molecular formula is C18H30ClFN6O3. The van der Waals surface area contributed by atoms with Crippen molar-refractivity contribution in [1.29, 1.82) is 0 Å². The molecule has 0 aromatic carbocycles. The van der Waals surface area contributed by atoms with Crippen molar-refractivity contribution in [3.05, 3.63) is 0 Å². The Balaban J connectivity index is 1.36. The van der Waals surface area contributed by atoms with Crippen LogP contribution in [0.3, 0.4) is 0 Å². The average molecular weight is 433 g/mol. The number of aliphatic hydroxyl groups excluding tert-OH is 1. The number of aliphatic hydroxyl groups is 1. The summed E-state index contributed by atoms with van der Waals surface area (Å²) in [5.74, 6) is -0.470. The maximum absolute atomic E-state index is 13.7. The molecule has 0 bridgehead atoms. The number of aliphatic imine (C=N–C) groups is 1. The van der Waals surface area contributed by atoms with E-state index in [9.17, 15) is 14.3 Å². The van der Waals surface area contributed by atoms with Crippen molar-refractivity contribution >= 4 is 23.8 Å². The lowest BCUT2D eigenvalue weighted by Gasteiger charge is -2.37. The van der Waals surface area contributed by atoms with Gasteiger partial charge in [0.2, 0.25) is 5.91 Å². The van der Waals surface area contributed by atoms with Crippen LogP contribution in [-0.4, -0.2) is 79.2 Å². The van der Waals surface area contributed by atoms with E-state index in [4.69, 9.17) is 16.3 Å². The van der Waals surface area contributed by atoms with E-state index in [1.54, 1.807) is 6.34 Å². The van der Waals surface area contributed by atoms with Gasteiger partial charge in [0.15, 0.2) is 0 Å². The van der Waals surface area contributed by atoms with Gasteiger partial charge >= 0.3 is 0 Å². The summed E-state index contributed by atoms with van der Waals surface area (Å²) in [6.07, 6.45) is 1.76. The SMILES string of the molecule is O=C(NCC1CC(F)CCC1Cl)C1NNC2NC=NC(N[C@@H]3COCC[C@H]3O)C21. The van der Waals surface area contributed by atoms with Gasteiger partial charge in [-0.1, -0.05) is 0 Å². The molecule has 0 spiro atoms. The van der Waals surface area contributed by atoms with E-state index in [0.29, 0.717) is 45.4 Å². The number of nitrogens with one attached hydrogen (secondary N) is 5. The van der Waals surface area contributed by atoms with Crippen LogP contribution in [0.2, 0.25) is 0 Å². The number of amides is 1. The molecule has 0 radical (unpaired) electrons. The lowest BCUT2D eigenvalue weighted by atomic mass is 9.87. The molecule has 29 heavy (non-hydrogen) atoms. The van der Waals surface area contributed by atoms with Gasteiger partial charge in [-0.2, -0.15) is 0 Å². The molecular weight excluding hydrogens is 403 g/mol. The number of halogens is 2. The minimum Gasteiger partial charge on any atom is -0.391 e. The van der Waals surface area contributed by atoms with Crippen molar-refractivity contribution in [3.8, 4) is 0 Å². The number of carbonyl (C=O) groups excluding carboxylic acids is 1. The van der Waals surface area contributed by atoms with Gasteiger partial charge in [-0.3, -0.25) is 15.1 Å². The highest BCUT2D eigenvalue weighted by Crippen LogP contribution is 2.30. The second-order valence-electron chi connectivity index (χ2n) is 8.35. The van der Waals surface area contributed by atoms with E-state index in [1.807, 2.05) is 0 Å². The number of hydrogen-bond acceptors (Lipinski definition) is 8. The molecule has 11 heteroatoms. The van der Waals surface area contributed by atoms with Gasteiger partial charge in [-0.15, -0.1) is 11.6 Å². The molecule has 0 aromatic rings. The number of alkyl halides is 2. The monoisotopic (exact) mass is 432 g/mol. The van der Waals surface area contributed by atoms with E-state index in [2.05, 4.69) is 31.8 Å². The van der Waals surface area contributed by atoms with Crippen molar-refractivity contribution < 1.29 is 19.0 Å². The minimum atomic E-state index is -0.850. The third kappa shape index (κ3) is 4.83. The summed E-state index contributed by atoms with van der Waals surface area (Å²) in [6.45, 7) is 1.30. The Hall–Kier alpha value is -1.04. The second kappa shape index (κ2) is 9.40. The predicted octanol–water partition coefficient (Wildman–Crippen LogP) is -1.04. The van der Waals surface area contributed by atoms with Crippen LogP contribution in [0.25, 0.3) is 0 Å². The first-order valence-electron chi connectivity index (χ1n) is 10.4. The molecule has 164 valence electrons. The Kier molecular flexibility index (Phi) is 6.87. The summed E-state index contributed by atoms with van der Waals surface area (Å²) >= 11 is 6.33. The van der Waals surface area contributed by atoms with Crippen molar-refractivity contribution in [2.45, 2.75) is 67.8 Å². The largest absolute Gasteiger partial charge is 0.391 e. The van der Waals surface area contributed by atoms with Crippen LogP contribution in [-0.2, 0) is 9.53 Å². The van der Waals surface area contributed by atoms with Gasteiger partial charge < -0.3 is 20.5 Å². The van der Waals surface area contributed by atoms with Gasteiger partial charge in [0.1, 0.15) is 18.4 Å². The molecule has 1 saturated carbocycles. The first kappa shape index (κ1) is 21.2. The summed E-state index contributed by atoms with van der Waals surface area (Å²) in [5.41, 5.74) is 6.13. The van der Waals surface area contributed by atoms with E-state index in [0.717, 1.165) is 0 Å². The van der Waals surface area contributed by atoms with Crippen LogP contribution < -0.4 is 26.8 Å². The maximum Gasteiger partial charge on any atom is 0.239 e. The number of hydrogen-bond donors (Lipinski definition) is 6. The van der Waals surface area contributed by atoms with Crippen LogP contribution in [0.4, 0.5) is 4.39 Å². The van der Waals surface area contributed by atoms with Gasteiger partial charge in [0.05, 0.1) is 37.2 Å². The zero-order valence-electron chi connectivity index (χ0n) is 16.2. The molecule has 9 nitrogen and oxygen atoms in total. The maximum atomic E-state index is 13.7. The van der Waals surface area contributed by atoms with Crippen LogP contribution in [0, 0.1) is 11.8 Å². The highest BCUT2D eigenvalue weighted by molar-refractivity contribution is 6.20. The second-order valence-corrected chi connectivity index (χ2v) is 8.91. The normalized spacial score (nSPS) is 44.7. The molecule has 6 N–H and O–H groups in total. The number of fused-ring (bicyclic) bond motifs is 1. The molecule has 2 saturated heterocycles. The molecule has 9 atom stereocenters. The summed E-state index contributed by atoms with van der Waals surface area (Å²) in [6, 6.07) is -0.780. The quantitative estimate of drug-likeness (QED) is 0.307. The minimum absolute atomic E-state index is 0.0690. The molecule has 4 aliphatic rings. The topological polar surface area (TPSA) is 119 Å². The zero-order valence-corrected chi connectivity index (χ0v) is 16.9. The van der Waals surface area contributed by atoms with E-state index in [1.165, 1.54) is 0 Å². The fourth-order valence-corrected chi connectivity index (χ4v) is 4.93. The van der Waals surface area contributed by atoms with Crippen LogP contribution >= 0.6 is 11.6 Å². The van der Waals surface area contributed by atoms with Crippen LogP contribution in [0.15, 0.2) is 4.99 Å². The van der Waals surface area contributed by atoms with E-state index >= 15 is 0 Å². The number of nitrogens with zero attached hydrogens (tertiary/aromatic N) is 1. The molecule has 3 heterocycles. The Labute approximate surface area is 174 Å². The summed E-state index contributed by atoms with van der Waals surface area (Å²) in [7, 11) is 0. The van der Waals surface area contributed by atoms with E-state index < -0.39 is 18.3 Å². The van der Waals surface area contributed by atoms with Crippen molar-refractivity contribution in [2.24, 2.45) is 16.8 Å². The molecule has 7 unspecified atom stereocenters. The standard InChI is InChI=1S/C18H30ClFN6O3/c19-11-2-1-10(20)5-9(11)6-21-18(28)15-14-16(22-8-23-17(14)26-25-15)24-12-7-29-4-3-13(12)27/h8-17,24-27H,1-7H2,(H,21,28)(H,22,23)/t9?,10?,11?,12-,13-,14?,15?,16?,17?/m1/s1. The zero-order chi connectivity index (χ0) is 20.4. The van der Waals surface area contributed by atoms with Crippen molar-refractivity contribution in [3.63, 3.8) is 0 Å². The highest BCUT2D eigenvalue weighted by atomic mass is 35.5. The average Bonchev–Trinajstić information content (AvgIpc) is 3.15. The molecule has 3 aliphatic heterocycles. The summed E-state index contributed by atoms with van der Waals surface area (Å²) < 4.78 is 19.2. The Morgan fingerprint density at radius 2 is 2.21 bits per heavy atom. The predicted molar refractivity (Wildman–Crippen MR) is 106 cm³/mol. The Morgan fingerprint density at radius 1 is 1.34 bits per heavy atom. The fraction of sp³-hybridized carbons (Fsp3) is 0.889. The third-order valence-corrected chi connectivity index (χ3v) is 6.94. The van der Waals surface area contributed by atoms with Crippen LogP contribution in [0.1, 0.15) is 25.7 Å². The lowest BCUT2D eigenvalue weighted by molar-refractivity contribution is -0.124. The number of ether oxygens (including phenoxy) is 1. The van der Waals surface area contributed by atoms with Gasteiger partial charge in [0.25, 0.3) is 0 Å². The van der Waals surface area contributed by atoms with E-state index in [-0.39, 0.29) is 41.5 Å². The fourth-order valence-electron chi connectivity index (χ4n) is 4.61. The van der Waals surface area contributed by atoms with Crippen LogP contribution in [0.5, 0.6) is 0 Å². The molecule has 4 rings (SSSR count). The Bertz CT molecular complexity index is 616. The number of rotatable bonds is 5. The van der Waals surface area contributed by atoms with Crippen molar-refractivity contribution in [1.82, 2.24) is 26.8 Å². The Morgan fingerprint density at radius 3 is 3.03 bits per heavy atom. The molecule has 1 aliphatic carbocycles. The third-order valence-electron chi connectivity index (χ3n) is 6.37.